The minimum atomic E-state index is -0.935. The number of nitrogens with two attached hydrogens (primary N) is 1. The van der Waals surface area contributed by atoms with E-state index in [1.54, 1.807) is 47.4 Å². The van der Waals surface area contributed by atoms with Crippen LogP contribution in [0.5, 0.6) is 5.75 Å². The van der Waals surface area contributed by atoms with Crippen molar-refractivity contribution in [3.63, 3.8) is 0 Å². The molecule has 0 unspecified atom stereocenters. The summed E-state index contributed by atoms with van der Waals surface area (Å²) in [5.41, 5.74) is 6.73. The molecule has 0 atom stereocenters. The maximum absolute atomic E-state index is 8.70. The van der Waals surface area contributed by atoms with Crippen molar-refractivity contribution in [2.75, 3.05) is 18.9 Å². The number of hydrogen-bond donors (Lipinski definition) is 2. The number of benzene rings is 2. The van der Waals surface area contributed by atoms with E-state index in [-0.39, 0.29) is 5.75 Å². The highest BCUT2D eigenvalue weighted by molar-refractivity contribution is 6.35. The molecule has 1 aliphatic heterocycles. The average Bonchev–Trinajstić information content (AvgIpc) is 3.31. The highest BCUT2D eigenvalue weighted by Gasteiger charge is 2.41. The molecule has 1 fully saturated rings. The van der Waals surface area contributed by atoms with E-state index in [2.05, 4.69) is 10.1 Å². The predicted molar refractivity (Wildman–Crippen MR) is 103 cm³/mol. The van der Waals surface area contributed by atoms with Gasteiger partial charge in [-0.1, -0.05) is 29.3 Å². The number of ether oxygens (including phenoxy) is 2. The summed E-state index contributed by atoms with van der Waals surface area (Å²) in [6.07, 6.45) is 3.07. The number of nitrogen functional groups attached to an aromatic ring is 1. The van der Waals surface area contributed by atoms with Crippen LogP contribution in [0.25, 0.3) is 0 Å². The summed E-state index contributed by atoms with van der Waals surface area (Å²) in [7, 11) is 0. The highest BCUT2D eigenvalue weighted by Crippen LogP contribution is 2.38. The molecule has 2 heterocycles. The molecule has 1 saturated heterocycles. The lowest BCUT2D eigenvalue weighted by Crippen LogP contribution is -2.33. The fraction of sp³-hybridized carbons (Fsp3) is 0.222. The van der Waals surface area contributed by atoms with E-state index >= 15 is 0 Å². The van der Waals surface area contributed by atoms with Crippen LogP contribution in [0.4, 0.5) is 5.69 Å². The first-order chi connectivity index (χ1) is 13.0. The Hall–Kier alpha value is -2.32. The summed E-state index contributed by atoms with van der Waals surface area (Å²) < 4.78 is 13.2. The third kappa shape index (κ3) is 4.90. The lowest BCUT2D eigenvalue weighted by atomic mass is 10.1. The van der Waals surface area contributed by atoms with Gasteiger partial charge in [0.1, 0.15) is 24.9 Å². The average molecular weight is 409 g/mol. The third-order valence-electron chi connectivity index (χ3n) is 3.83. The van der Waals surface area contributed by atoms with Crippen LogP contribution in [-0.2, 0) is 21.8 Å². The quantitative estimate of drug-likeness (QED) is 0.508. The van der Waals surface area contributed by atoms with Crippen molar-refractivity contribution in [2.45, 2.75) is 12.3 Å². The summed E-state index contributed by atoms with van der Waals surface area (Å²) in [5.74, 6) is -0.686. The van der Waals surface area contributed by atoms with Crippen LogP contribution < -0.4 is 5.73 Å². The summed E-state index contributed by atoms with van der Waals surface area (Å²) >= 11 is 12.2. The van der Waals surface area contributed by atoms with Gasteiger partial charge in [-0.2, -0.15) is 5.10 Å². The van der Waals surface area contributed by atoms with Gasteiger partial charge in [-0.05, 0) is 36.4 Å². The van der Waals surface area contributed by atoms with Gasteiger partial charge in [0.2, 0.25) is 5.79 Å². The van der Waals surface area contributed by atoms with Crippen LogP contribution in [0.15, 0.2) is 55.1 Å². The molecule has 0 amide bonds. The van der Waals surface area contributed by atoms with Gasteiger partial charge < -0.3 is 20.3 Å². The Morgan fingerprint density at radius 2 is 1.81 bits per heavy atom. The van der Waals surface area contributed by atoms with E-state index in [1.807, 2.05) is 6.07 Å². The van der Waals surface area contributed by atoms with Gasteiger partial charge in [-0.15, -0.1) is 0 Å². The van der Waals surface area contributed by atoms with Crippen molar-refractivity contribution < 1.29 is 14.6 Å². The van der Waals surface area contributed by atoms with Crippen molar-refractivity contribution in [1.29, 1.82) is 0 Å². The summed E-state index contributed by atoms with van der Waals surface area (Å²) in [4.78, 5) is 3.91. The molecule has 27 heavy (non-hydrogen) atoms. The van der Waals surface area contributed by atoms with Crippen LogP contribution in [0.2, 0.25) is 10.0 Å². The Bertz CT molecular complexity index is 846. The molecule has 3 N–H and O–H groups in total. The molecule has 1 aliphatic rings. The Kier molecular flexibility index (Phi) is 6.18. The maximum Gasteiger partial charge on any atom is 0.216 e. The maximum atomic E-state index is 8.70. The number of halogens is 2. The van der Waals surface area contributed by atoms with Gasteiger partial charge >= 0.3 is 0 Å². The van der Waals surface area contributed by atoms with Gasteiger partial charge in [0.05, 0.1) is 18.2 Å². The molecular formula is C18H18Cl2N4O3. The Morgan fingerprint density at radius 3 is 2.37 bits per heavy atom. The molecule has 0 radical (unpaired) electrons. The first-order valence-corrected chi connectivity index (χ1v) is 8.84. The number of aromatic hydroxyl groups is 1. The molecule has 9 heteroatoms. The monoisotopic (exact) mass is 408 g/mol. The number of phenols is 1. The fourth-order valence-electron chi connectivity index (χ4n) is 2.59. The molecule has 2 aromatic carbocycles. The van der Waals surface area contributed by atoms with Crippen LogP contribution in [0, 0.1) is 0 Å². The van der Waals surface area contributed by atoms with E-state index in [4.69, 9.17) is 43.5 Å². The zero-order valence-electron chi connectivity index (χ0n) is 14.3. The SMILES string of the molecule is Clc1ccc(C2(Cn3cncn3)OCCO2)c(Cl)c1.Nc1ccc(O)cc1. The molecule has 7 nitrogen and oxygen atoms in total. The number of anilines is 1. The third-order valence-corrected chi connectivity index (χ3v) is 4.37. The second-order valence-corrected chi connectivity index (χ2v) is 6.60. The molecule has 142 valence electrons. The molecule has 0 saturated carbocycles. The molecule has 3 aromatic rings. The van der Waals surface area contributed by atoms with Gasteiger partial charge in [-0.3, -0.25) is 0 Å². The topological polar surface area (TPSA) is 95.4 Å². The first kappa shape index (κ1) is 19.4. The van der Waals surface area contributed by atoms with Crippen molar-refractivity contribution in [3.8, 4) is 5.75 Å². The van der Waals surface area contributed by atoms with Crippen molar-refractivity contribution in [1.82, 2.24) is 14.8 Å². The summed E-state index contributed by atoms with van der Waals surface area (Å²) in [6.45, 7) is 1.40. The van der Waals surface area contributed by atoms with E-state index in [0.29, 0.717) is 35.5 Å². The summed E-state index contributed by atoms with van der Waals surface area (Å²) in [5, 5.41) is 13.9. The number of hydrogen-bond acceptors (Lipinski definition) is 6. The largest absolute Gasteiger partial charge is 0.508 e. The number of rotatable bonds is 3. The van der Waals surface area contributed by atoms with Gasteiger partial charge in [0.25, 0.3) is 0 Å². The molecule has 0 aliphatic carbocycles. The Labute approximate surface area is 166 Å². The van der Waals surface area contributed by atoms with Gasteiger partial charge in [0, 0.05) is 16.3 Å². The lowest BCUT2D eigenvalue weighted by molar-refractivity contribution is -0.177. The number of phenolic OH excluding ortho intramolecular Hbond substituents is 1. The molecule has 1 aromatic heterocycles. The molecule has 4 rings (SSSR count). The highest BCUT2D eigenvalue weighted by atomic mass is 35.5. The lowest BCUT2D eigenvalue weighted by Gasteiger charge is -2.28. The zero-order chi connectivity index (χ0) is 19.3. The van der Waals surface area contributed by atoms with Crippen LogP contribution in [0.1, 0.15) is 5.56 Å². The van der Waals surface area contributed by atoms with Crippen molar-refractivity contribution >= 4 is 28.9 Å². The van der Waals surface area contributed by atoms with Crippen molar-refractivity contribution in [2.24, 2.45) is 0 Å². The van der Waals surface area contributed by atoms with Gasteiger partial charge in [0.15, 0.2) is 0 Å². The van der Waals surface area contributed by atoms with Crippen molar-refractivity contribution in [3.05, 3.63) is 70.7 Å². The molecule has 0 bridgehead atoms. The van der Waals surface area contributed by atoms with E-state index in [9.17, 15) is 0 Å². The standard InChI is InChI=1S/C12H11Cl2N3O2.C6H7NO/c13-9-1-2-10(11(14)5-9)12(18-3-4-19-12)6-17-8-15-7-16-17;7-5-1-3-6(8)4-2-5/h1-2,5,7-8H,3-4,6H2;1-4,8H,7H2. The molecule has 0 spiro atoms. The van der Waals surface area contributed by atoms with E-state index in [1.165, 1.54) is 6.33 Å². The van der Waals surface area contributed by atoms with E-state index in [0.717, 1.165) is 5.56 Å². The smallest absolute Gasteiger partial charge is 0.216 e. The van der Waals surface area contributed by atoms with Crippen LogP contribution >= 0.6 is 23.2 Å². The fourth-order valence-corrected chi connectivity index (χ4v) is 3.14. The van der Waals surface area contributed by atoms with E-state index < -0.39 is 5.79 Å². The minimum Gasteiger partial charge on any atom is -0.508 e. The second-order valence-electron chi connectivity index (χ2n) is 5.76. The Balaban J connectivity index is 0.000000221. The summed E-state index contributed by atoms with van der Waals surface area (Å²) in [6, 6.07) is 11.6. The predicted octanol–water partition coefficient (Wildman–Crippen LogP) is 3.46. The normalized spacial score (nSPS) is 15.2. The first-order valence-electron chi connectivity index (χ1n) is 8.09. The number of nitrogens with zero attached hydrogens (tertiary/aromatic N) is 3. The zero-order valence-corrected chi connectivity index (χ0v) is 15.8. The van der Waals surface area contributed by atoms with Gasteiger partial charge in [-0.25, -0.2) is 9.67 Å². The minimum absolute atomic E-state index is 0.249. The molecular weight excluding hydrogens is 391 g/mol. The van der Waals surface area contributed by atoms with Crippen LogP contribution in [0.3, 0.4) is 0 Å². The second kappa shape index (κ2) is 8.58. The van der Waals surface area contributed by atoms with Crippen LogP contribution in [-0.4, -0.2) is 33.1 Å². The number of aromatic nitrogens is 3. The Morgan fingerprint density at radius 1 is 1.11 bits per heavy atom.